The van der Waals surface area contributed by atoms with Gasteiger partial charge in [0.2, 0.25) is 11.8 Å². The highest BCUT2D eigenvalue weighted by Crippen LogP contribution is 2.22. The molecule has 0 fully saturated rings. The molecule has 6 heteroatoms. The molecule has 2 heterocycles. The van der Waals surface area contributed by atoms with Crippen LogP contribution in [0.25, 0.3) is 11.5 Å². The van der Waals surface area contributed by atoms with Crippen molar-refractivity contribution < 1.29 is 8.81 Å². The van der Waals surface area contributed by atoms with Crippen molar-refractivity contribution in [3.63, 3.8) is 0 Å². The maximum absolute atomic E-state index is 13.1. The largest absolute Gasteiger partial charge is 0.419 e. The molecule has 0 aliphatic rings. The van der Waals surface area contributed by atoms with E-state index >= 15 is 0 Å². The van der Waals surface area contributed by atoms with Gasteiger partial charge in [-0.3, -0.25) is 10.3 Å². The first-order chi connectivity index (χ1) is 13.3. The molecule has 0 spiro atoms. The number of nitrogens with zero attached hydrogens (tertiary/aromatic N) is 3. The Balaban J connectivity index is 1.52. The fraction of sp³-hybridized carbons (Fsp3) is 0.0952. The van der Waals surface area contributed by atoms with Crippen LogP contribution in [0.1, 0.15) is 23.2 Å². The van der Waals surface area contributed by atoms with Gasteiger partial charge in [0.15, 0.2) is 0 Å². The monoisotopic (exact) mass is 360 g/mol. The van der Waals surface area contributed by atoms with Crippen molar-refractivity contribution in [1.29, 1.82) is 0 Å². The van der Waals surface area contributed by atoms with Gasteiger partial charge in [-0.05, 0) is 42.0 Å². The average molecular weight is 360 g/mol. The number of hydrogen-bond donors (Lipinski definition) is 1. The Hall–Kier alpha value is -3.38. The van der Waals surface area contributed by atoms with E-state index in [0.29, 0.717) is 23.9 Å². The summed E-state index contributed by atoms with van der Waals surface area (Å²) in [5, 5.41) is 11.5. The second-order valence-electron chi connectivity index (χ2n) is 5.99. The van der Waals surface area contributed by atoms with Crippen LogP contribution in [0.5, 0.6) is 0 Å². The molecule has 4 aromatic rings. The van der Waals surface area contributed by atoms with Crippen molar-refractivity contribution in [3.05, 3.63) is 102 Å². The van der Waals surface area contributed by atoms with Crippen LogP contribution in [0.4, 0.5) is 4.39 Å². The Morgan fingerprint density at radius 1 is 0.889 bits per heavy atom. The van der Waals surface area contributed by atoms with Gasteiger partial charge in [-0.25, -0.2) is 4.39 Å². The van der Waals surface area contributed by atoms with E-state index in [9.17, 15) is 4.39 Å². The molecular weight excluding hydrogens is 343 g/mol. The van der Waals surface area contributed by atoms with Crippen molar-refractivity contribution in [3.8, 4) is 11.5 Å². The van der Waals surface area contributed by atoms with E-state index < -0.39 is 0 Å². The number of hydrogen-bond acceptors (Lipinski definition) is 5. The number of benzene rings is 2. The molecule has 0 saturated carbocycles. The third kappa shape index (κ3) is 4.07. The zero-order valence-corrected chi connectivity index (χ0v) is 14.4. The van der Waals surface area contributed by atoms with Crippen LogP contribution in [0.15, 0.2) is 83.4 Å². The van der Waals surface area contributed by atoms with Gasteiger partial charge in [0.25, 0.3) is 0 Å². The molecule has 5 nitrogen and oxygen atoms in total. The maximum Gasteiger partial charge on any atom is 0.247 e. The zero-order valence-electron chi connectivity index (χ0n) is 14.4. The van der Waals surface area contributed by atoms with E-state index in [4.69, 9.17) is 4.42 Å². The lowest BCUT2D eigenvalue weighted by molar-refractivity contribution is 0.459. The van der Waals surface area contributed by atoms with Crippen molar-refractivity contribution in [2.45, 2.75) is 12.6 Å². The fourth-order valence-electron chi connectivity index (χ4n) is 2.81. The molecule has 0 amide bonds. The molecule has 0 radical (unpaired) electrons. The lowest BCUT2D eigenvalue weighted by Crippen LogP contribution is -2.23. The standard InChI is InChI=1S/C21H17FN4O/c22-17-11-9-16(10-12-17)21-26-25-19(27-21)14-24-20(15-6-2-1-3-7-15)18-8-4-5-13-23-18/h1-13,20,24H,14H2. The highest BCUT2D eigenvalue weighted by atomic mass is 19.1. The molecule has 134 valence electrons. The van der Waals surface area contributed by atoms with E-state index in [1.807, 2.05) is 48.5 Å². The quantitative estimate of drug-likeness (QED) is 0.560. The van der Waals surface area contributed by atoms with E-state index in [1.54, 1.807) is 18.3 Å². The van der Waals surface area contributed by atoms with Crippen LogP contribution >= 0.6 is 0 Å². The first-order valence-electron chi connectivity index (χ1n) is 8.57. The Morgan fingerprint density at radius 2 is 1.67 bits per heavy atom. The van der Waals surface area contributed by atoms with E-state index in [1.165, 1.54) is 12.1 Å². The summed E-state index contributed by atoms with van der Waals surface area (Å²) in [7, 11) is 0. The van der Waals surface area contributed by atoms with Gasteiger partial charge in [0.1, 0.15) is 5.82 Å². The van der Waals surface area contributed by atoms with Crippen molar-refractivity contribution in [2.75, 3.05) is 0 Å². The predicted octanol–water partition coefficient (Wildman–Crippen LogP) is 4.15. The highest BCUT2D eigenvalue weighted by molar-refractivity contribution is 5.51. The molecule has 0 aliphatic heterocycles. The smallest absolute Gasteiger partial charge is 0.247 e. The second kappa shape index (κ2) is 7.88. The predicted molar refractivity (Wildman–Crippen MR) is 99.1 cm³/mol. The minimum absolute atomic E-state index is 0.103. The van der Waals surface area contributed by atoms with Crippen LogP contribution < -0.4 is 5.32 Å². The molecule has 0 aliphatic carbocycles. The molecule has 1 N–H and O–H groups in total. The number of halogens is 1. The highest BCUT2D eigenvalue weighted by Gasteiger charge is 2.16. The Bertz CT molecular complexity index is 948. The van der Waals surface area contributed by atoms with Crippen molar-refractivity contribution in [2.24, 2.45) is 0 Å². The minimum Gasteiger partial charge on any atom is -0.419 e. The Morgan fingerprint density at radius 3 is 2.41 bits per heavy atom. The summed E-state index contributed by atoms with van der Waals surface area (Å²) >= 11 is 0. The summed E-state index contributed by atoms with van der Waals surface area (Å²) in [6.07, 6.45) is 1.77. The number of rotatable bonds is 6. The van der Waals surface area contributed by atoms with E-state index in [-0.39, 0.29) is 11.9 Å². The van der Waals surface area contributed by atoms with Gasteiger partial charge in [-0.2, -0.15) is 0 Å². The zero-order chi connectivity index (χ0) is 18.5. The molecule has 2 aromatic heterocycles. The first-order valence-corrected chi connectivity index (χ1v) is 8.57. The van der Waals surface area contributed by atoms with Crippen LogP contribution in [0, 0.1) is 5.82 Å². The van der Waals surface area contributed by atoms with Gasteiger partial charge >= 0.3 is 0 Å². The second-order valence-corrected chi connectivity index (χ2v) is 5.99. The summed E-state index contributed by atoms with van der Waals surface area (Å²) in [6.45, 7) is 0.379. The van der Waals surface area contributed by atoms with E-state index in [0.717, 1.165) is 11.3 Å². The van der Waals surface area contributed by atoms with Gasteiger partial charge < -0.3 is 4.42 Å². The molecule has 4 rings (SSSR count). The molecular formula is C21H17FN4O. The van der Waals surface area contributed by atoms with E-state index in [2.05, 4.69) is 20.5 Å². The fourth-order valence-corrected chi connectivity index (χ4v) is 2.81. The third-order valence-electron chi connectivity index (χ3n) is 4.13. The van der Waals surface area contributed by atoms with Crippen LogP contribution in [0.2, 0.25) is 0 Å². The molecule has 0 saturated heterocycles. The van der Waals surface area contributed by atoms with Crippen molar-refractivity contribution in [1.82, 2.24) is 20.5 Å². The topological polar surface area (TPSA) is 63.8 Å². The molecule has 1 atom stereocenters. The van der Waals surface area contributed by atoms with Crippen LogP contribution in [-0.2, 0) is 6.54 Å². The molecule has 1 unspecified atom stereocenters. The normalized spacial score (nSPS) is 12.0. The van der Waals surface area contributed by atoms with Crippen LogP contribution in [-0.4, -0.2) is 15.2 Å². The molecule has 2 aromatic carbocycles. The van der Waals surface area contributed by atoms with Crippen molar-refractivity contribution >= 4 is 0 Å². The van der Waals surface area contributed by atoms with Gasteiger partial charge in [-0.1, -0.05) is 36.4 Å². The first kappa shape index (κ1) is 17.1. The Labute approximate surface area is 155 Å². The summed E-state index contributed by atoms with van der Waals surface area (Å²) in [4.78, 5) is 4.46. The van der Waals surface area contributed by atoms with Gasteiger partial charge in [0, 0.05) is 11.8 Å². The lowest BCUT2D eigenvalue weighted by Gasteiger charge is -2.17. The number of pyridine rings is 1. The maximum atomic E-state index is 13.1. The summed E-state index contributed by atoms with van der Waals surface area (Å²) in [6, 6.07) is 21.7. The van der Waals surface area contributed by atoms with Gasteiger partial charge in [-0.15, -0.1) is 10.2 Å². The average Bonchev–Trinajstić information content (AvgIpc) is 3.19. The number of aromatic nitrogens is 3. The van der Waals surface area contributed by atoms with Crippen LogP contribution in [0.3, 0.4) is 0 Å². The number of nitrogens with one attached hydrogen (secondary N) is 1. The molecule has 27 heavy (non-hydrogen) atoms. The Kier molecular flexibility index (Phi) is 4.98. The summed E-state index contributed by atoms with van der Waals surface area (Å²) in [5.41, 5.74) is 2.68. The molecule has 0 bridgehead atoms. The SMILES string of the molecule is Fc1ccc(-c2nnc(CNC(c3ccccc3)c3ccccn3)o2)cc1. The lowest BCUT2D eigenvalue weighted by atomic mass is 10.0. The van der Waals surface area contributed by atoms with Gasteiger partial charge in [0.05, 0.1) is 18.3 Å². The summed E-state index contributed by atoms with van der Waals surface area (Å²) in [5.74, 6) is 0.508. The summed E-state index contributed by atoms with van der Waals surface area (Å²) < 4.78 is 18.8. The third-order valence-corrected chi connectivity index (χ3v) is 4.13. The minimum atomic E-state index is -0.304.